The molecular weight excluding hydrogens is 247 g/mol. The van der Waals surface area contributed by atoms with E-state index in [0.29, 0.717) is 0 Å². The van der Waals surface area contributed by atoms with Crippen LogP contribution in [0, 0.1) is 11.8 Å². The zero-order valence-corrected chi connectivity index (χ0v) is 11.3. The number of halogens is 3. The lowest BCUT2D eigenvalue weighted by molar-refractivity contribution is -0.192. The predicted octanol–water partition coefficient (Wildman–Crippen LogP) is 3.01. The van der Waals surface area contributed by atoms with E-state index in [1.165, 1.54) is 4.90 Å². The Balaban J connectivity index is 4.99. The number of carbonyl (C=O) groups is 1. The summed E-state index contributed by atoms with van der Waals surface area (Å²) in [5.74, 6) is -1.31. The van der Waals surface area contributed by atoms with Crippen LogP contribution in [0.4, 0.5) is 13.2 Å². The Kier molecular flexibility index (Phi) is 6.67. The summed E-state index contributed by atoms with van der Waals surface area (Å²) in [6, 6.07) is -1.90. The topological polar surface area (TPSA) is 40.5 Å². The minimum absolute atomic E-state index is 0.0578. The number of carboxylic acid groups (broad SMARTS) is 1. The SMILES string of the molecule is CC(C)CN(CC(C)C)C(CC(=O)O)C(F)(F)F. The molecule has 6 heteroatoms. The average Bonchev–Trinajstić information content (AvgIpc) is 2.09. The molecule has 1 unspecified atom stereocenters. The normalized spacial score (nSPS) is 14.6. The molecule has 0 bridgehead atoms. The van der Waals surface area contributed by atoms with Crippen molar-refractivity contribution in [2.45, 2.75) is 46.3 Å². The van der Waals surface area contributed by atoms with Gasteiger partial charge in [-0.1, -0.05) is 27.7 Å². The first kappa shape index (κ1) is 17.2. The van der Waals surface area contributed by atoms with Gasteiger partial charge in [0, 0.05) is 13.1 Å². The van der Waals surface area contributed by atoms with Crippen molar-refractivity contribution in [2.24, 2.45) is 11.8 Å². The Bertz CT molecular complexity index is 255. The number of carboxylic acids is 1. The van der Waals surface area contributed by atoms with Gasteiger partial charge in [0.2, 0.25) is 0 Å². The summed E-state index contributed by atoms with van der Waals surface area (Å²) in [6.07, 6.45) is -5.41. The molecule has 1 atom stereocenters. The molecule has 108 valence electrons. The fraction of sp³-hybridized carbons (Fsp3) is 0.917. The van der Waals surface area contributed by atoms with Gasteiger partial charge in [-0.2, -0.15) is 13.2 Å². The van der Waals surface area contributed by atoms with Crippen LogP contribution in [0.3, 0.4) is 0 Å². The molecule has 0 aromatic heterocycles. The average molecular weight is 269 g/mol. The number of alkyl halides is 3. The molecule has 0 aliphatic carbocycles. The zero-order valence-electron chi connectivity index (χ0n) is 11.3. The molecule has 0 amide bonds. The summed E-state index contributed by atoms with van der Waals surface area (Å²) >= 11 is 0. The summed E-state index contributed by atoms with van der Waals surface area (Å²) in [5, 5.41) is 8.64. The highest BCUT2D eigenvalue weighted by Gasteiger charge is 2.44. The van der Waals surface area contributed by atoms with Gasteiger partial charge in [-0.3, -0.25) is 9.69 Å². The molecule has 3 nitrogen and oxygen atoms in total. The molecule has 0 radical (unpaired) electrons. The maximum Gasteiger partial charge on any atom is 0.404 e. The molecule has 0 aromatic carbocycles. The van der Waals surface area contributed by atoms with Crippen LogP contribution in [0.15, 0.2) is 0 Å². The second-order valence-electron chi connectivity index (χ2n) is 5.40. The summed E-state index contributed by atoms with van der Waals surface area (Å²) in [5.41, 5.74) is 0. The Hall–Kier alpha value is -0.780. The van der Waals surface area contributed by atoms with E-state index in [4.69, 9.17) is 5.11 Å². The fourth-order valence-corrected chi connectivity index (χ4v) is 1.88. The van der Waals surface area contributed by atoms with E-state index in [1.54, 1.807) is 0 Å². The number of aliphatic carboxylic acids is 1. The van der Waals surface area contributed by atoms with Crippen LogP contribution in [0.1, 0.15) is 34.1 Å². The zero-order chi connectivity index (χ0) is 14.5. The quantitative estimate of drug-likeness (QED) is 0.772. The van der Waals surface area contributed by atoms with Crippen molar-refractivity contribution in [2.75, 3.05) is 13.1 Å². The van der Waals surface area contributed by atoms with Crippen molar-refractivity contribution in [3.8, 4) is 0 Å². The Labute approximate surface area is 106 Å². The second-order valence-corrected chi connectivity index (χ2v) is 5.40. The minimum atomic E-state index is -4.51. The Morgan fingerprint density at radius 3 is 1.72 bits per heavy atom. The first-order valence-corrected chi connectivity index (χ1v) is 6.06. The van der Waals surface area contributed by atoms with Crippen LogP contribution in [0.5, 0.6) is 0 Å². The number of hydrogen-bond donors (Lipinski definition) is 1. The molecule has 18 heavy (non-hydrogen) atoms. The highest BCUT2D eigenvalue weighted by molar-refractivity contribution is 5.67. The van der Waals surface area contributed by atoms with Crippen LogP contribution in [-0.4, -0.2) is 41.3 Å². The van der Waals surface area contributed by atoms with Crippen molar-refractivity contribution in [3.63, 3.8) is 0 Å². The van der Waals surface area contributed by atoms with Gasteiger partial charge in [0.15, 0.2) is 0 Å². The van der Waals surface area contributed by atoms with Gasteiger partial charge in [0.25, 0.3) is 0 Å². The monoisotopic (exact) mass is 269 g/mol. The summed E-state index contributed by atoms with van der Waals surface area (Å²) < 4.78 is 38.8. The molecule has 0 saturated heterocycles. The van der Waals surface area contributed by atoms with Gasteiger partial charge in [0.05, 0.1) is 6.42 Å². The molecule has 0 aliphatic heterocycles. The van der Waals surface area contributed by atoms with Gasteiger partial charge < -0.3 is 5.11 Å². The first-order chi connectivity index (χ1) is 8.04. The van der Waals surface area contributed by atoms with Crippen LogP contribution in [0.2, 0.25) is 0 Å². The molecule has 0 heterocycles. The van der Waals surface area contributed by atoms with Crippen molar-refractivity contribution in [1.82, 2.24) is 4.90 Å². The van der Waals surface area contributed by atoms with E-state index in [-0.39, 0.29) is 24.9 Å². The number of nitrogens with zero attached hydrogens (tertiary/aromatic N) is 1. The molecule has 0 aliphatic rings. The summed E-state index contributed by atoms with van der Waals surface area (Å²) in [6.45, 7) is 7.78. The third-order valence-electron chi connectivity index (χ3n) is 2.39. The first-order valence-electron chi connectivity index (χ1n) is 6.06. The van der Waals surface area contributed by atoms with Crippen LogP contribution < -0.4 is 0 Å². The smallest absolute Gasteiger partial charge is 0.404 e. The third-order valence-corrected chi connectivity index (χ3v) is 2.39. The lowest BCUT2D eigenvalue weighted by Crippen LogP contribution is -2.49. The van der Waals surface area contributed by atoms with Gasteiger partial charge in [0.1, 0.15) is 6.04 Å². The number of rotatable bonds is 7. The highest BCUT2D eigenvalue weighted by atomic mass is 19.4. The Morgan fingerprint density at radius 2 is 1.50 bits per heavy atom. The van der Waals surface area contributed by atoms with Gasteiger partial charge in [-0.15, -0.1) is 0 Å². The van der Waals surface area contributed by atoms with E-state index in [2.05, 4.69) is 0 Å². The standard InChI is InChI=1S/C12H22F3NO2/c1-8(2)6-16(7-9(3)4)10(5-11(17)18)12(13,14)15/h8-10H,5-7H2,1-4H3,(H,17,18). The molecule has 0 fully saturated rings. The van der Waals surface area contributed by atoms with E-state index in [1.807, 2.05) is 27.7 Å². The highest BCUT2D eigenvalue weighted by Crippen LogP contribution is 2.28. The molecule has 0 saturated carbocycles. The molecule has 0 rings (SSSR count). The van der Waals surface area contributed by atoms with E-state index >= 15 is 0 Å². The maximum absolute atomic E-state index is 12.9. The van der Waals surface area contributed by atoms with Crippen molar-refractivity contribution in [3.05, 3.63) is 0 Å². The molecular formula is C12H22F3NO2. The largest absolute Gasteiger partial charge is 0.481 e. The molecule has 0 spiro atoms. The minimum Gasteiger partial charge on any atom is -0.481 e. The lowest BCUT2D eigenvalue weighted by Gasteiger charge is -2.34. The summed E-state index contributed by atoms with van der Waals surface area (Å²) in [4.78, 5) is 11.8. The third kappa shape index (κ3) is 6.83. The van der Waals surface area contributed by atoms with Crippen LogP contribution >= 0.6 is 0 Å². The molecule has 0 aromatic rings. The number of hydrogen-bond acceptors (Lipinski definition) is 2. The van der Waals surface area contributed by atoms with E-state index in [9.17, 15) is 18.0 Å². The predicted molar refractivity (Wildman–Crippen MR) is 63.3 cm³/mol. The van der Waals surface area contributed by atoms with E-state index in [0.717, 1.165) is 0 Å². The van der Waals surface area contributed by atoms with Gasteiger partial charge in [-0.05, 0) is 11.8 Å². The van der Waals surface area contributed by atoms with Gasteiger partial charge in [-0.25, -0.2) is 0 Å². The second kappa shape index (κ2) is 6.97. The molecule has 1 N–H and O–H groups in total. The summed E-state index contributed by atoms with van der Waals surface area (Å²) in [7, 11) is 0. The van der Waals surface area contributed by atoms with Crippen molar-refractivity contribution < 1.29 is 23.1 Å². The van der Waals surface area contributed by atoms with Crippen molar-refractivity contribution in [1.29, 1.82) is 0 Å². The lowest BCUT2D eigenvalue weighted by atomic mass is 10.1. The van der Waals surface area contributed by atoms with E-state index < -0.39 is 24.6 Å². The van der Waals surface area contributed by atoms with Crippen LogP contribution in [0.25, 0.3) is 0 Å². The fourth-order valence-electron chi connectivity index (χ4n) is 1.88. The maximum atomic E-state index is 12.9. The van der Waals surface area contributed by atoms with Crippen molar-refractivity contribution >= 4 is 5.97 Å². The Morgan fingerprint density at radius 1 is 1.11 bits per heavy atom. The van der Waals surface area contributed by atoms with Crippen LogP contribution in [-0.2, 0) is 4.79 Å². The van der Waals surface area contributed by atoms with Gasteiger partial charge >= 0.3 is 12.1 Å².